The van der Waals surface area contributed by atoms with Crippen LogP contribution in [0.3, 0.4) is 0 Å². The Morgan fingerprint density at radius 1 is 1.14 bits per heavy atom. The van der Waals surface area contributed by atoms with Crippen LogP contribution in [-0.4, -0.2) is 27.9 Å². The first kappa shape index (κ1) is 10.6. The molecule has 0 bridgehead atoms. The SMILES string of the molecule is NCC(N)Cc1cc(O)c(O)c(O)c1. The van der Waals surface area contributed by atoms with Crippen molar-refractivity contribution in [2.45, 2.75) is 12.5 Å². The van der Waals surface area contributed by atoms with Crippen LogP contribution in [0.1, 0.15) is 5.56 Å². The second-order valence-corrected chi connectivity index (χ2v) is 3.18. The Kier molecular flexibility index (Phi) is 3.16. The number of rotatable bonds is 3. The molecule has 1 aromatic rings. The lowest BCUT2D eigenvalue weighted by Gasteiger charge is -2.10. The Labute approximate surface area is 81.6 Å². The smallest absolute Gasteiger partial charge is 0.200 e. The number of hydrogen-bond donors (Lipinski definition) is 5. The van der Waals surface area contributed by atoms with E-state index in [0.29, 0.717) is 18.5 Å². The van der Waals surface area contributed by atoms with E-state index in [1.54, 1.807) is 0 Å². The van der Waals surface area contributed by atoms with E-state index in [1.165, 1.54) is 12.1 Å². The molecule has 0 aliphatic carbocycles. The van der Waals surface area contributed by atoms with Gasteiger partial charge in [0.25, 0.3) is 0 Å². The molecule has 5 heteroatoms. The van der Waals surface area contributed by atoms with Gasteiger partial charge in [-0.05, 0) is 24.1 Å². The van der Waals surface area contributed by atoms with E-state index in [9.17, 15) is 10.2 Å². The van der Waals surface area contributed by atoms with Gasteiger partial charge in [0.05, 0.1) is 0 Å². The van der Waals surface area contributed by atoms with Crippen LogP contribution in [0.2, 0.25) is 0 Å². The molecule has 1 atom stereocenters. The van der Waals surface area contributed by atoms with Gasteiger partial charge < -0.3 is 26.8 Å². The summed E-state index contributed by atoms with van der Waals surface area (Å²) < 4.78 is 0. The minimum atomic E-state index is -0.518. The summed E-state index contributed by atoms with van der Waals surface area (Å²) in [6.45, 7) is 0.322. The van der Waals surface area contributed by atoms with Gasteiger partial charge in [-0.25, -0.2) is 0 Å². The van der Waals surface area contributed by atoms with E-state index >= 15 is 0 Å². The zero-order valence-corrected chi connectivity index (χ0v) is 7.64. The maximum atomic E-state index is 9.18. The molecule has 0 aromatic heterocycles. The number of phenolic OH excluding ortho intramolecular Hbond substituents is 3. The van der Waals surface area contributed by atoms with Gasteiger partial charge in [0.15, 0.2) is 17.2 Å². The van der Waals surface area contributed by atoms with Crippen molar-refractivity contribution in [3.05, 3.63) is 17.7 Å². The van der Waals surface area contributed by atoms with Gasteiger partial charge in [-0.3, -0.25) is 0 Å². The molecule has 1 aromatic carbocycles. The van der Waals surface area contributed by atoms with Crippen molar-refractivity contribution in [1.29, 1.82) is 0 Å². The van der Waals surface area contributed by atoms with Crippen molar-refractivity contribution >= 4 is 0 Å². The van der Waals surface area contributed by atoms with Crippen LogP contribution < -0.4 is 11.5 Å². The van der Waals surface area contributed by atoms with E-state index in [1.807, 2.05) is 0 Å². The standard InChI is InChI=1S/C9H14N2O3/c10-4-6(11)1-5-2-7(12)9(14)8(13)3-5/h2-3,6,12-14H,1,4,10-11H2. The van der Waals surface area contributed by atoms with E-state index in [4.69, 9.17) is 16.6 Å². The predicted octanol–water partition coefficient (Wildman–Crippen LogP) is -0.368. The molecular weight excluding hydrogens is 184 g/mol. The lowest BCUT2D eigenvalue weighted by molar-refractivity contribution is 0.367. The van der Waals surface area contributed by atoms with Crippen LogP contribution >= 0.6 is 0 Å². The second kappa shape index (κ2) is 4.17. The highest BCUT2D eigenvalue weighted by Gasteiger charge is 2.09. The zero-order valence-electron chi connectivity index (χ0n) is 7.64. The number of benzene rings is 1. The summed E-state index contributed by atoms with van der Waals surface area (Å²) in [6.07, 6.45) is 0.442. The fourth-order valence-electron chi connectivity index (χ4n) is 1.16. The largest absolute Gasteiger partial charge is 0.504 e. The van der Waals surface area contributed by atoms with E-state index in [-0.39, 0.29) is 17.5 Å². The molecule has 0 saturated heterocycles. The Balaban J connectivity index is 2.89. The van der Waals surface area contributed by atoms with Crippen LogP contribution in [0.25, 0.3) is 0 Å². The maximum absolute atomic E-state index is 9.18. The topological polar surface area (TPSA) is 113 Å². The fourth-order valence-corrected chi connectivity index (χ4v) is 1.16. The van der Waals surface area contributed by atoms with Gasteiger partial charge in [0.1, 0.15) is 0 Å². The lowest BCUT2D eigenvalue weighted by atomic mass is 10.1. The Morgan fingerprint density at radius 2 is 1.64 bits per heavy atom. The van der Waals surface area contributed by atoms with E-state index in [0.717, 1.165) is 0 Å². The van der Waals surface area contributed by atoms with Crippen molar-refractivity contribution in [2.75, 3.05) is 6.54 Å². The second-order valence-electron chi connectivity index (χ2n) is 3.18. The van der Waals surface area contributed by atoms with Crippen molar-refractivity contribution < 1.29 is 15.3 Å². The Bertz CT molecular complexity index is 305. The third-order valence-corrected chi connectivity index (χ3v) is 1.93. The molecule has 0 amide bonds. The number of aromatic hydroxyl groups is 3. The molecule has 14 heavy (non-hydrogen) atoms. The van der Waals surface area contributed by atoms with Crippen LogP contribution in [0.5, 0.6) is 17.2 Å². The van der Waals surface area contributed by atoms with Crippen LogP contribution in [-0.2, 0) is 6.42 Å². The third kappa shape index (κ3) is 2.27. The summed E-state index contributed by atoms with van der Waals surface area (Å²) in [5, 5.41) is 27.4. The van der Waals surface area contributed by atoms with Gasteiger partial charge in [-0.1, -0.05) is 0 Å². The molecule has 0 aliphatic heterocycles. The number of hydrogen-bond acceptors (Lipinski definition) is 5. The van der Waals surface area contributed by atoms with Crippen LogP contribution in [0.4, 0.5) is 0 Å². The highest BCUT2D eigenvalue weighted by atomic mass is 16.3. The summed E-state index contributed by atoms with van der Waals surface area (Å²) in [5.41, 5.74) is 11.6. The first-order valence-corrected chi connectivity index (χ1v) is 4.24. The quantitative estimate of drug-likeness (QED) is 0.425. The van der Waals surface area contributed by atoms with Gasteiger partial charge in [-0.2, -0.15) is 0 Å². The Hall–Kier alpha value is -1.46. The normalized spacial score (nSPS) is 12.7. The van der Waals surface area contributed by atoms with Gasteiger partial charge in [0.2, 0.25) is 0 Å². The van der Waals surface area contributed by atoms with Crippen LogP contribution in [0.15, 0.2) is 12.1 Å². The minimum Gasteiger partial charge on any atom is -0.504 e. The summed E-state index contributed by atoms with van der Waals surface area (Å²) in [5.74, 6) is -1.23. The average Bonchev–Trinajstić information content (AvgIpc) is 2.14. The van der Waals surface area contributed by atoms with Gasteiger partial charge in [-0.15, -0.1) is 0 Å². The predicted molar refractivity (Wildman–Crippen MR) is 52.2 cm³/mol. The third-order valence-electron chi connectivity index (χ3n) is 1.93. The molecule has 0 radical (unpaired) electrons. The Morgan fingerprint density at radius 3 is 2.07 bits per heavy atom. The van der Waals surface area contributed by atoms with Crippen molar-refractivity contribution in [3.8, 4) is 17.2 Å². The molecule has 0 heterocycles. The molecule has 78 valence electrons. The first-order chi connectivity index (χ1) is 6.54. The average molecular weight is 198 g/mol. The van der Waals surface area contributed by atoms with Gasteiger partial charge >= 0.3 is 0 Å². The van der Waals surface area contributed by atoms with Gasteiger partial charge in [0, 0.05) is 12.6 Å². The monoisotopic (exact) mass is 198 g/mol. The highest BCUT2D eigenvalue weighted by Crippen LogP contribution is 2.35. The molecule has 0 spiro atoms. The maximum Gasteiger partial charge on any atom is 0.200 e. The zero-order chi connectivity index (χ0) is 10.7. The molecule has 1 rings (SSSR count). The minimum absolute atomic E-state index is 0.224. The number of nitrogens with two attached hydrogens (primary N) is 2. The summed E-state index contributed by atoms with van der Waals surface area (Å²) in [4.78, 5) is 0. The molecular formula is C9H14N2O3. The first-order valence-electron chi connectivity index (χ1n) is 4.24. The van der Waals surface area contributed by atoms with E-state index in [2.05, 4.69) is 0 Å². The summed E-state index contributed by atoms with van der Waals surface area (Å²) in [7, 11) is 0. The molecule has 1 unspecified atom stereocenters. The van der Waals surface area contributed by atoms with Crippen molar-refractivity contribution in [2.24, 2.45) is 11.5 Å². The molecule has 5 nitrogen and oxygen atoms in total. The molecule has 0 aliphatic rings. The molecule has 0 saturated carbocycles. The fraction of sp³-hybridized carbons (Fsp3) is 0.333. The molecule has 7 N–H and O–H groups in total. The summed E-state index contributed by atoms with van der Waals surface area (Å²) >= 11 is 0. The summed E-state index contributed by atoms with van der Waals surface area (Å²) in [6, 6.07) is 2.48. The van der Waals surface area contributed by atoms with E-state index < -0.39 is 5.75 Å². The highest BCUT2D eigenvalue weighted by molar-refractivity contribution is 5.51. The lowest BCUT2D eigenvalue weighted by Crippen LogP contribution is -2.31. The number of phenols is 3. The van der Waals surface area contributed by atoms with Crippen molar-refractivity contribution in [1.82, 2.24) is 0 Å². The molecule has 0 fully saturated rings. The van der Waals surface area contributed by atoms with Crippen LogP contribution in [0, 0.1) is 0 Å². The van der Waals surface area contributed by atoms with Crippen molar-refractivity contribution in [3.63, 3.8) is 0 Å².